The van der Waals surface area contributed by atoms with Crippen LogP contribution in [0.5, 0.6) is 5.75 Å². The van der Waals surface area contributed by atoms with Crippen LogP contribution in [0.1, 0.15) is 79.4 Å². The van der Waals surface area contributed by atoms with E-state index in [-0.39, 0.29) is 17.6 Å². The van der Waals surface area contributed by atoms with Crippen LogP contribution < -0.4 is 0 Å². The highest BCUT2D eigenvalue weighted by Gasteiger charge is 2.23. The lowest BCUT2D eigenvalue weighted by molar-refractivity contribution is 0.103. The minimum atomic E-state index is -0.0214. The highest BCUT2D eigenvalue weighted by molar-refractivity contribution is 6.10. The van der Waals surface area contributed by atoms with E-state index >= 15 is 0 Å². The third-order valence-electron chi connectivity index (χ3n) is 4.78. The molecule has 0 radical (unpaired) electrons. The van der Waals surface area contributed by atoms with E-state index in [0.29, 0.717) is 16.9 Å². The van der Waals surface area contributed by atoms with Gasteiger partial charge in [-0.1, -0.05) is 70.2 Å². The maximum atomic E-state index is 12.9. The van der Waals surface area contributed by atoms with Gasteiger partial charge >= 0.3 is 0 Å². The molecule has 2 nitrogen and oxygen atoms in total. The number of phenolic OH excluding ortho intramolecular Hbond substituents is 1. The molecule has 2 aromatic carbocycles. The molecular weight excluding hydrogens is 284 g/mol. The second-order valence-corrected chi connectivity index (χ2v) is 6.28. The molecule has 1 N–H and O–H groups in total. The highest BCUT2D eigenvalue weighted by Crippen LogP contribution is 2.39. The predicted molar refractivity (Wildman–Crippen MR) is 95.4 cm³/mol. The van der Waals surface area contributed by atoms with Crippen LogP contribution >= 0.6 is 0 Å². The Balaban J connectivity index is 2.60. The zero-order chi connectivity index (χ0) is 17.0. The van der Waals surface area contributed by atoms with Crippen molar-refractivity contribution >= 4 is 5.78 Å². The van der Waals surface area contributed by atoms with E-state index in [0.717, 1.165) is 24.0 Å². The molecule has 0 aliphatic heterocycles. The summed E-state index contributed by atoms with van der Waals surface area (Å²) >= 11 is 0. The largest absolute Gasteiger partial charge is 0.507 e. The average molecular weight is 310 g/mol. The number of hydrogen-bond donors (Lipinski definition) is 1. The van der Waals surface area contributed by atoms with Crippen LogP contribution in [0, 0.1) is 0 Å². The number of phenols is 1. The molecular formula is C21H26O2. The molecule has 2 unspecified atom stereocenters. The summed E-state index contributed by atoms with van der Waals surface area (Å²) in [4.78, 5) is 12.9. The van der Waals surface area contributed by atoms with E-state index in [1.165, 1.54) is 0 Å². The first-order chi connectivity index (χ1) is 11.0. The molecule has 0 bridgehead atoms. The molecule has 0 spiro atoms. The summed E-state index contributed by atoms with van der Waals surface area (Å²) in [6.45, 7) is 8.36. The lowest BCUT2D eigenvalue weighted by atomic mass is 9.84. The molecule has 0 amide bonds. The molecule has 0 saturated heterocycles. The number of aromatic hydroxyl groups is 1. The smallest absolute Gasteiger partial charge is 0.193 e. The van der Waals surface area contributed by atoms with Crippen LogP contribution in [0.3, 0.4) is 0 Å². The number of rotatable bonds is 6. The molecule has 0 fully saturated rings. The maximum absolute atomic E-state index is 12.9. The minimum absolute atomic E-state index is 0.0214. The Labute approximate surface area is 139 Å². The molecule has 0 aromatic heterocycles. The second kappa shape index (κ2) is 7.45. The first kappa shape index (κ1) is 17.3. The number of hydrogen-bond acceptors (Lipinski definition) is 2. The molecule has 122 valence electrons. The van der Waals surface area contributed by atoms with E-state index in [4.69, 9.17) is 0 Å². The maximum Gasteiger partial charge on any atom is 0.193 e. The minimum Gasteiger partial charge on any atom is -0.507 e. The van der Waals surface area contributed by atoms with Crippen molar-refractivity contribution < 1.29 is 9.90 Å². The number of carbonyl (C=O) groups is 1. The Morgan fingerprint density at radius 2 is 1.57 bits per heavy atom. The average Bonchev–Trinajstić information content (AvgIpc) is 2.60. The summed E-state index contributed by atoms with van der Waals surface area (Å²) < 4.78 is 0. The fourth-order valence-corrected chi connectivity index (χ4v) is 2.89. The quantitative estimate of drug-likeness (QED) is 0.700. The van der Waals surface area contributed by atoms with E-state index < -0.39 is 0 Å². The molecule has 0 aliphatic carbocycles. The molecule has 0 heterocycles. The normalized spacial score (nSPS) is 13.6. The zero-order valence-corrected chi connectivity index (χ0v) is 14.5. The fourth-order valence-electron chi connectivity index (χ4n) is 2.89. The second-order valence-electron chi connectivity index (χ2n) is 6.28. The monoisotopic (exact) mass is 310 g/mol. The fraction of sp³-hybridized carbons (Fsp3) is 0.381. The molecule has 2 atom stereocenters. The van der Waals surface area contributed by atoms with Gasteiger partial charge in [0.25, 0.3) is 0 Å². The molecule has 2 aromatic rings. The first-order valence-electron chi connectivity index (χ1n) is 8.46. The molecule has 23 heavy (non-hydrogen) atoms. The highest BCUT2D eigenvalue weighted by atomic mass is 16.3. The zero-order valence-electron chi connectivity index (χ0n) is 14.5. The van der Waals surface area contributed by atoms with Gasteiger partial charge in [0.15, 0.2) is 5.78 Å². The van der Waals surface area contributed by atoms with Crippen molar-refractivity contribution in [1.29, 1.82) is 0 Å². The summed E-state index contributed by atoms with van der Waals surface area (Å²) in [5.41, 5.74) is 3.01. The summed E-state index contributed by atoms with van der Waals surface area (Å²) in [6.07, 6.45) is 1.84. The number of carbonyl (C=O) groups excluding carboxylic acids is 1. The Morgan fingerprint density at radius 1 is 0.957 bits per heavy atom. The first-order valence-corrected chi connectivity index (χ1v) is 8.46. The van der Waals surface area contributed by atoms with Gasteiger partial charge < -0.3 is 5.11 Å². The Bertz CT molecular complexity index is 674. The van der Waals surface area contributed by atoms with Crippen molar-refractivity contribution in [3.8, 4) is 5.75 Å². The summed E-state index contributed by atoms with van der Waals surface area (Å²) in [5.74, 6) is 0.697. The van der Waals surface area contributed by atoms with Gasteiger partial charge in [-0.2, -0.15) is 0 Å². The topological polar surface area (TPSA) is 37.3 Å². The van der Waals surface area contributed by atoms with E-state index in [1.54, 1.807) is 0 Å². The molecule has 2 heteroatoms. The lowest BCUT2D eigenvalue weighted by Gasteiger charge is -2.21. The summed E-state index contributed by atoms with van der Waals surface area (Å²) in [5, 5.41) is 10.8. The third kappa shape index (κ3) is 3.47. The van der Waals surface area contributed by atoms with Gasteiger partial charge in [0, 0.05) is 16.7 Å². The Hall–Kier alpha value is -2.09. The number of ketones is 1. The lowest BCUT2D eigenvalue weighted by Crippen LogP contribution is -2.09. The number of benzene rings is 2. The van der Waals surface area contributed by atoms with Crippen LogP contribution in [0.15, 0.2) is 42.5 Å². The molecule has 0 saturated carbocycles. The van der Waals surface area contributed by atoms with Crippen LogP contribution in [-0.2, 0) is 0 Å². The molecule has 0 aliphatic rings. The predicted octanol–water partition coefficient (Wildman–Crippen LogP) is 5.65. The van der Waals surface area contributed by atoms with Crippen LogP contribution in [0.25, 0.3) is 0 Å². The molecule has 2 rings (SSSR count). The van der Waals surface area contributed by atoms with Gasteiger partial charge in [0.1, 0.15) is 5.75 Å². The van der Waals surface area contributed by atoms with Crippen molar-refractivity contribution in [3.05, 3.63) is 64.7 Å². The van der Waals surface area contributed by atoms with Crippen molar-refractivity contribution in [3.63, 3.8) is 0 Å². The standard InChI is InChI=1S/C21H26O2/c1-5-14(3)17-12-13-18(19(21(17)23)15(4)6-2)20(22)16-10-8-7-9-11-16/h7-15,23H,5-6H2,1-4H3. The Morgan fingerprint density at radius 3 is 2.13 bits per heavy atom. The van der Waals surface area contributed by atoms with Gasteiger partial charge in [-0.25, -0.2) is 0 Å². The van der Waals surface area contributed by atoms with Crippen LogP contribution in [-0.4, -0.2) is 10.9 Å². The van der Waals surface area contributed by atoms with Gasteiger partial charge in [-0.05, 0) is 30.2 Å². The van der Waals surface area contributed by atoms with Crippen LogP contribution in [0.4, 0.5) is 0 Å². The van der Waals surface area contributed by atoms with E-state index in [2.05, 4.69) is 27.7 Å². The van der Waals surface area contributed by atoms with Gasteiger partial charge in [0.2, 0.25) is 0 Å². The summed E-state index contributed by atoms with van der Waals surface area (Å²) in [7, 11) is 0. The summed E-state index contributed by atoms with van der Waals surface area (Å²) in [6, 6.07) is 13.1. The van der Waals surface area contributed by atoms with Crippen molar-refractivity contribution in [2.75, 3.05) is 0 Å². The SMILES string of the molecule is CCC(C)c1ccc(C(=O)c2ccccc2)c(C(C)CC)c1O. The van der Waals surface area contributed by atoms with E-state index in [9.17, 15) is 9.90 Å². The van der Waals surface area contributed by atoms with Gasteiger partial charge in [-0.15, -0.1) is 0 Å². The van der Waals surface area contributed by atoms with Crippen molar-refractivity contribution in [1.82, 2.24) is 0 Å². The third-order valence-corrected chi connectivity index (χ3v) is 4.78. The van der Waals surface area contributed by atoms with Crippen molar-refractivity contribution in [2.45, 2.75) is 52.4 Å². The van der Waals surface area contributed by atoms with Gasteiger partial charge in [-0.3, -0.25) is 4.79 Å². The van der Waals surface area contributed by atoms with Gasteiger partial charge in [0.05, 0.1) is 0 Å². The Kier molecular flexibility index (Phi) is 5.59. The van der Waals surface area contributed by atoms with Crippen LogP contribution in [0.2, 0.25) is 0 Å². The van der Waals surface area contributed by atoms with Crippen molar-refractivity contribution in [2.24, 2.45) is 0 Å². The van der Waals surface area contributed by atoms with E-state index in [1.807, 2.05) is 42.5 Å².